The number of carbonyl (C=O) groups excluding carboxylic acids is 1. The second-order valence-corrected chi connectivity index (χ2v) is 6.01. The van der Waals surface area contributed by atoms with Crippen LogP contribution in [0.25, 0.3) is 0 Å². The van der Waals surface area contributed by atoms with Crippen molar-refractivity contribution in [1.29, 1.82) is 0 Å². The summed E-state index contributed by atoms with van der Waals surface area (Å²) in [4.78, 5) is 25.1. The zero-order chi connectivity index (χ0) is 15.0. The van der Waals surface area contributed by atoms with Crippen LogP contribution in [0.2, 0.25) is 0 Å². The zero-order valence-electron chi connectivity index (χ0n) is 12.1. The molecule has 1 saturated carbocycles. The molecule has 2 N–H and O–H groups in total. The molecular formula is C16H20N2O3. The van der Waals surface area contributed by atoms with Crippen molar-refractivity contribution in [2.45, 2.75) is 38.6 Å². The lowest BCUT2D eigenvalue weighted by Gasteiger charge is -2.23. The Balaban J connectivity index is 1.74. The molecule has 2 amide bonds. The van der Waals surface area contributed by atoms with E-state index in [0.29, 0.717) is 18.9 Å². The minimum atomic E-state index is -0.930. The van der Waals surface area contributed by atoms with Crippen LogP contribution in [0.3, 0.4) is 0 Å². The van der Waals surface area contributed by atoms with Crippen LogP contribution in [0.4, 0.5) is 10.5 Å². The van der Waals surface area contributed by atoms with Crippen LogP contribution in [-0.2, 0) is 6.42 Å². The summed E-state index contributed by atoms with van der Waals surface area (Å²) in [5.41, 5.74) is 2.05. The van der Waals surface area contributed by atoms with E-state index < -0.39 is 5.97 Å². The Morgan fingerprint density at radius 2 is 2.14 bits per heavy atom. The number of fused-ring (bicyclic) bond motifs is 1. The lowest BCUT2D eigenvalue weighted by Crippen LogP contribution is -2.45. The maximum Gasteiger partial charge on any atom is 0.335 e. The Bertz CT molecular complexity index is 585. The summed E-state index contributed by atoms with van der Waals surface area (Å²) >= 11 is 0. The molecule has 2 atom stereocenters. The molecule has 0 saturated heterocycles. The highest BCUT2D eigenvalue weighted by molar-refractivity contribution is 5.96. The molecule has 21 heavy (non-hydrogen) atoms. The third kappa shape index (κ3) is 2.60. The monoisotopic (exact) mass is 288 g/mol. The van der Waals surface area contributed by atoms with Gasteiger partial charge in [0.2, 0.25) is 0 Å². The standard InChI is InChI=1S/C16H20N2O3/c1-10-3-2-4-13(10)17-16(21)18-8-7-11-9-12(15(19)20)5-6-14(11)18/h5-6,9-10,13H,2-4,7-8H2,1H3,(H,17,21)(H,19,20). The van der Waals surface area contributed by atoms with Crippen molar-refractivity contribution in [3.05, 3.63) is 29.3 Å². The van der Waals surface area contributed by atoms with E-state index in [2.05, 4.69) is 12.2 Å². The number of hydrogen-bond donors (Lipinski definition) is 2. The van der Waals surface area contributed by atoms with Gasteiger partial charge in [0.25, 0.3) is 0 Å². The van der Waals surface area contributed by atoms with E-state index in [1.165, 1.54) is 12.8 Å². The van der Waals surface area contributed by atoms with Crippen LogP contribution in [0.15, 0.2) is 18.2 Å². The summed E-state index contributed by atoms with van der Waals surface area (Å²) in [5.74, 6) is -0.397. The number of urea groups is 1. The van der Waals surface area contributed by atoms with Crippen molar-refractivity contribution in [2.24, 2.45) is 5.92 Å². The SMILES string of the molecule is CC1CCCC1NC(=O)N1CCc2cc(C(=O)O)ccc21. The summed E-state index contributed by atoms with van der Waals surface area (Å²) < 4.78 is 0. The molecule has 1 aromatic rings. The van der Waals surface area contributed by atoms with E-state index >= 15 is 0 Å². The molecule has 0 radical (unpaired) electrons. The fourth-order valence-electron chi connectivity index (χ4n) is 3.34. The number of carboxylic acid groups (broad SMARTS) is 1. The van der Waals surface area contributed by atoms with Crippen molar-refractivity contribution in [3.8, 4) is 0 Å². The Hall–Kier alpha value is -2.04. The number of hydrogen-bond acceptors (Lipinski definition) is 2. The highest BCUT2D eigenvalue weighted by atomic mass is 16.4. The average molecular weight is 288 g/mol. The minimum Gasteiger partial charge on any atom is -0.478 e. The van der Waals surface area contributed by atoms with Crippen LogP contribution in [0.1, 0.15) is 42.1 Å². The van der Waals surface area contributed by atoms with Gasteiger partial charge >= 0.3 is 12.0 Å². The quantitative estimate of drug-likeness (QED) is 0.879. The molecular weight excluding hydrogens is 268 g/mol. The van der Waals surface area contributed by atoms with Crippen molar-refractivity contribution in [3.63, 3.8) is 0 Å². The van der Waals surface area contributed by atoms with E-state index in [0.717, 1.165) is 17.7 Å². The molecule has 112 valence electrons. The first-order chi connectivity index (χ1) is 10.1. The highest BCUT2D eigenvalue weighted by Gasteiger charge is 2.30. The lowest BCUT2D eigenvalue weighted by atomic mass is 10.1. The summed E-state index contributed by atoms with van der Waals surface area (Å²) in [5, 5.41) is 12.1. The fourth-order valence-corrected chi connectivity index (χ4v) is 3.34. The second-order valence-electron chi connectivity index (χ2n) is 6.01. The number of anilines is 1. The Kier molecular flexibility index (Phi) is 3.57. The molecule has 5 nitrogen and oxygen atoms in total. The number of carbonyl (C=O) groups is 2. The lowest BCUT2D eigenvalue weighted by molar-refractivity contribution is 0.0697. The van der Waals surface area contributed by atoms with Crippen molar-refractivity contribution < 1.29 is 14.7 Å². The fraction of sp³-hybridized carbons (Fsp3) is 0.500. The summed E-state index contributed by atoms with van der Waals surface area (Å²) in [6.07, 6.45) is 4.10. The Labute approximate surface area is 123 Å². The zero-order valence-corrected chi connectivity index (χ0v) is 12.1. The molecule has 0 aromatic heterocycles. The van der Waals surface area contributed by atoms with Crippen LogP contribution < -0.4 is 10.2 Å². The molecule has 1 fully saturated rings. The minimum absolute atomic E-state index is 0.0597. The molecule has 2 unspecified atom stereocenters. The van der Waals surface area contributed by atoms with E-state index in [4.69, 9.17) is 5.11 Å². The molecule has 2 aliphatic rings. The summed E-state index contributed by atoms with van der Waals surface area (Å²) in [6, 6.07) is 5.17. The van der Waals surface area contributed by atoms with Gasteiger partial charge in [-0.3, -0.25) is 4.90 Å². The number of nitrogens with one attached hydrogen (secondary N) is 1. The normalized spacial score (nSPS) is 24.0. The van der Waals surface area contributed by atoms with E-state index in [-0.39, 0.29) is 17.6 Å². The van der Waals surface area contributed by atoms with Gasteiger partial charge in [-0.15, -0.1) is 0 Å². The van der Waals surface area contributed by atoms with Crippen molar-refractivity contribution in [2.75, 3.05) is 11.4 Å². The molecule has 1 aliphatic carbocycles. The Morgan fingerprint density at radius 3 is 2.81 bits per heavy atom. The number of carboxylic acids is 1. The second kappa shape index (κ2) is 5.39. The topological polar surface area (TPSA) is 69.6 Å². The molecule has 0 spiro atoms. The van der Waals surface area contributed by atoms with Crippen molar-refractivity contribution >= 4 is 17.7 Å². The van der Waals surface area contributed by atoms with Gasteiger partial charge in [-0.1, -0.05) is 13.3 Å². The molecule has 3 rings (SSSR count). The number of nitrogens with zero attached hydrogens (tertiary/aromatic N) is 1. The highest BCUT2D eigenvalue weighted by Crippen LogP contribution is 2.30. The van der Waals surface area contributed by atoms with Gasteiger partial charge in [0.15, 0.2) is 0 Å². The first kappa shape index (κ1) is 13.9. The first-order valence-corrected chi connectivity index (χ1v) is 7.50. The summed E-state index contributed by atoms with van der Waals surface area (Å²) in [6.45, 7) is 2.79. The first-order valence-electron chi connectivity index (χ1n) is 7.50. The van der Waals surface area contributed by atoms with E-state index in [1.807, 2.05) is 0 Å². The van der Waals surface area contributed by atoms with Crippen LogP contribution in [-0.4, -0.2) is 29.7 Å². The molecule has 0 bridgehead atoms. The number of rotatable bonds is 2. The predicted octanol–water partition coefficient (Wildman–Crippen LogP) is 2.65. The van der Waals surface area contributed by atoms with Crippen molar-refractivity contribution in [1.82, 2.24) is 5.32 Å². The maximum atomic E-state index is 12.4. The third-order valence-electron chi connectivity index (χ3n) is 4.64. The predicted molar refractivity (Wildman–Crippen MR) is 79.8 cm³/mol. The number of amides is 2. The summed E-state index contributed by atoms with van der Waals surface area (Å²) in [7, 11) is 0. The van der Waals surface area contributed by atoms with Crippen LogP contribution >= 0.6 is 0 Å². The maximum absolute atomic E-state index is 12.4. The van der Waals surface area contributed by atoms with Gasteiger partial charge in [0, 0.05) is 18.3 Å². The third-order valence-corrected chi connectivity index (χ3v) is 4.64. The van der Waals surface area contributed by atoms with Gasteiger partial charge in [-0.2, -0.15) is 0 Å². The van der Waals surface area contributed by atoms with Crippen LogP contribution in [0.5, 0.6) is 0 Å². The van der Waals surface area contributed by atoms with Gasteiger partial charge < -0.3 is 10.4 Å². The molecule has 5 heteroatoms. The smallest absolute Gasteiger partial charge is 0.335 e. The number of aromatic carboxylic acids is 1. The van der Waals surface area contributed by atoms with E-state index in [9.17, 15) is 9.59 Å². The molecule has 1 heterocycles. The molecule has 1 aliphatic heterocycles. The van der Waals surface area contributed by atoms with Gasteiger partial charge in [-0.25, -0.2) is 9.59 Å². The van der Waals surface area contributed by atoms with Gasteiger partial charge in [0.1, 0.15) is 0 Å². The molecule has 1 aromatic carbocycles. The van der Waals surface area contributed by atoms with Crippen LogP contribution in [0, 0.1) is 5.92 Å². The van der Waals surface area contributed by atoms with Gasteiger partial charge in [-0.05, 0) is 48.9 Å². The average Bonchev–Trinajstić information content (AvgIpc) is 3.04. The van der Waals surface area contributed by atoms with E-state index in [1.54, 1.807) is 23.1 Å². The van der Waals surface area contributed by atoms with Gasteiger partial charge in [0.05, 0.1) is 5.56 Å². The number of benzene rings is 1. The largest absolute Gasteiger partial charge is 0.478 e. The Morgan fingerprint density at radius 1 is 1.33 bits per heavy atom.